The zero-order valence-corrected chi connectivity index (χ0v) is 25.8. The van der Waals surface area contributed by atoms with E-state index in [9.17, 15) is 4.79 Å². The second kappa shape index (κ2) is 15.4. The SMILES string of the molecule is C=C(C)C(=O)OCc1cc(-c2ccc(C3CCC([Si](C)(C)CCCC)CC3)cc2)ccc1OCCCCCO. The van der Waals surface area contributed by atoms with Gasteiger partial charge in [0.25, 0.3) is 0 Å². The number of carbonyl (C=O) groups is 1. The fraction of sp³-hybridized carbons (Fsp3) is 0.559. The van der Waals surface area contributed by atoms with Crippen LogP contribution in [-0.4, -0.2) is 32.4 Å². The highest BCUT2D eigenvalue weighted by Crippen LogP contribution is 2.45. The van der Waals surface area contributed by atoms with Crippen LogP contribution in [0.3, 0.4) is 0 Å². The maximum Gasteiger partial charge on any atom is 0.333 e. The summed E-state index contributed by atoms with van der Waals surface area (Å²) in [5, 5.41) is 8.99. The van der Waals surface area contributed by atoms with Crippen molar-refractivity contribution < 1.29 is 19.4 Å². The maximum atomic E-state index is 12.0. The van der Waals surface area contributed by atoms with Crippen LogP contribution in [0.25, 0.3) is 11.1 Å². The fourth-order valence-corrected chi connectivity index (χ4v) is 9.41. The Hall–Kier alpha value is -2.37. The van der Waals surface area contributed by atoms with Crippen LogP contribution in [0.15, 0.2) is 54.6 Å². The normalized spacial score (nSPS) is 17.6. The van der Waals surface area contributed by atoms with Crippen LogP contribution in [0.1, 0.15) is 88.7 Å². The van der Waals surface area contributed by atoms with Gasteiger partial charge >= 0.3 is 5.97 Å². The lowest BCUT2D eigenvalue weighted by atomic mass is 9.83. The molecule has 1 fully saturated rings. The van der Waals surface area contributed by atoms with E-state index in [4.69, 9.17) is 14.6 Å². The molecule has 5 heteroatoms. The molecular formula is C34H50O4Si. The molecule has 0 heterocycles. The molecule has 0 aliphatic heterocycles. The Balaban J connectivity index is 1.67. The smallest absolute Gasteiger partial charge is 0.333 e. The second-order valence-corrected chi connectivity index (χ2v) is 17.4. The van der Waals surface area contributed by atoms with Crippen molar-refractivity contribution in [3.63, 3.8) is 0 Å². The largest absolute Gasteiger partial charge is 0.493 e. The molecule has 1 saturated carbocycles. The summed E-state index contributed by atoms with van der Waals surface area (Å²) in [5.41, 5.74) is 5.91. The molecule has 0 atom stereocenters. The van der Waals surface area contributed by atoms with Gasteiger partial charge in [-0.05, 0) is 79.3 Å². The minimum absolute atomic E-state index is 0.144. The van der Waals surface area contributed by atoms with E-state index in [-0.39, 0.29) is 13.2 Å². The lowest BCUT2D eigenvalue weighted by Gasteiger charge is -2.38. The Morgan fingerprint density at radius 3 is 2.31 bits per heavy atom. The molecule has 1 N–H and O–H groups in total. The van der Waals surface area contributed by atoms with Crippen molar-refractivity contribution >= 4 is 14.0 Å². The molecule has 39 heavy (non-hydrogen) atoms. The highest BCUT2D eigenvalue weighted by atomic mass is 28.3. The average molecular weight is 551 g/mol. The fourth-order valence-electron chi connectivity index (χ4n) is 5.84. The molecule has 0 unspecified atom stereocenters. The molecule has 3 rings (SSSR count). The maximum absolute atomic E-state index is 12.0. The van der Waals surface area contributed by atoms with Crippen LogP contribution in [0, 0.1) is 0 Å². The van der Waals surface area contributed by atoms with Gasteiger partial charge in [-0.25, -0.2) is 4.79 Å². The van der Waals surface area contributed by atoms with Crippen molar-refractivity contribution in [2.45, 2.75) is 109 Å². The van der Waals surface area contributed by atoms with Gasteiger partial charge in [0.1, 0.15) is 12.4 Å². The summed E-state index contributed by atoms with van der Waals surface area (Å²) >= 11 is 0. The van der Waals surface area contributed by atoms with E-state index in [0.717, 1.165) is 47.2 Å². The number of esters is 1. The minimum atomic E-state index is -1.11. The number of hydrogen-bond acceptors (Lipinski definition) is 4. The molecule has 0 radical (unpaired) electrons. The van der Waals surface area contributed by atoms with Crippen LogP contribution >= 0.6 is 0 Å². The lowest BCUT2D eigenvalue weighted by molar-refractivity contribution is -0.140. The third-order valence-corrected chi connectivity index (χ3v) is 13.0. The van der Waals surface area contributed by atoms with E-state index in [0.29, 0.717) is 18.1 Å². The van der Waals surface area contributed by atoms with E-state index in [1.54, 1.807) is 6.92 Å². The highest BCUT2D eigenvalue weighted by molar-refractivity contribution is 6.78. The van der Waals surface area contributed by atoms with Crippen molar-refractivity contribution in [2.24, 2.45) is 0 Å². The Kier molecular flexibility index (Phi) is 12.3. The number of rotatable bonds is 15. The van der Waals surface area contributed by atoms with Crippen LogP contribution < -0.4 is 4.74 Å². The summed E-state index contributed by atoms with van der Waals surface area (Å²) in [6.07, 6.45) is 10.7. The van der Waals surface area contributed by atoms with E-state index in [1.165, 1.54) is 50.1 Å². The molecule has 0 amide bonds. The summed E-state index contributed by atoms with van der Waals surface area (Å²) < 4.78 is 11.5. The average Bonchev–Trinajstić information content (AvgIpc) is 2.95. The zero-order chi connectivity index (χ0) is 28.3. The van der Waals surface area contributed by atoms with Gasteiger partial charge in [-0.2, -0.15) is 0 Å². The first kappa shape index (κ1) is 31.2. The summed E-state index contributed by atoms with van der Waals surface area (Å²) in [6, 6.07) is 16.7. The first-order valence-corrected chi connectivity index (χ1v) is 18.3. The first-order valence-electron chi connectivity index (χ1n) is 15.0. The number of hydrogen-bond donors (Lipinski definition) is 1. The van der Waals surface area contributed by atoms with Gasteiger partial charge in [-0.1, -0.05) is 88.7 Å². The van der Waals surface area contributed by atoms with Crippen molar-refractivity contribution in [3.8, 4) is 16.9 Å². The minimum Gasteiger partial charge on any atom is -0.493 e. The van der Waals surface area contributed by atoms with Gasteiger partial charge in [-0.3, -0.25) is 0 Å². The number of ether oxygens (including phenoxy) is 2. The van der Waals surface area contributed by atoms with Crippen molar-refractivity contribution in [3.05, 3.63) is 65.7 Å². The molecule has 1 aliphatic rings. The number of aliphatic hydroxyl groups is 1. The van der Waals surface area contributed by atoms with Gasteiger partial charge in [0.15, 0.2) is 0 Å². The quantitative estimate of drug-likeness (QED) is 0.104. The molecule has 1 aliphatic carbocycles. The Labute approximate surface area is 237 Å². The molecule has 4 nitrogen and oxygen atoms in total. The Bertz CT molecular complexity index is 1050. The Morgan fingerprint density at radius 1 is 0.974 bits per heavy atom. The zero-order valence-electron chi connectivity index (χ0n) is 24.8. The van der Waals surface area contributed by atoms with Gasteiger partial charge < -0.3 is 14.6 Å². The molecule has 214 valence electrons. The number of carbonyl (C=O) groups excluding carboxylic acids is 1. The standard InChI is InChI=1S/C34H50O4Si/c1-6-7-23-39(4,5)32-18-15-28(16-19-32)27-11-13-29(14-12-27)30-17-20-33(37-22-10-8-9-21-35)31(24-30)25-38-34(36)26(2)3/h11-14,17,20,24,28,32,35H,2,6-10,15-16,18-19,21-23,25H2,1,3-5H3. The van der Waals surface area contributed by atoms with Gasteiger partial charge in [0.05, 0.1) is 14.7 Å². The summed E-state index contributed by atoms with van der Waals surface area (Å²) in [6.45, 7) is 13.8. The van der Waals surface area contributed by atoms with E-state index >= 15 is 0 Å². The lowest BCUT2D eigenvalue weighted by Crippen LogP contribution is -2.34. The third-order valence-electron chi connectivity index (χ3n) is 8.55. The van der Waals surface area contributed by atoms with Crippen LogP contribution in [-0.2, 0) is 16.1 Å². The van der Waals surface area contributed by atoms with Gasteiger partial charge in [0, 0.05) is 17.7 Å². The number of benzene rings is 2. The van der Waals surface area contributed by atoms with Crippen LogP contribution in [0.5, 0.6) is 5.75 Å². The third kappa shape index (κ3) is 9.35. The Morgan fingerprint density at radius 2 is 1.67 bits per heavy atom. The second-order valence-electron chi connectivity index (χ2n) is 12.1. The summed E-state index contributed by atoms with van der Waals surface area (Å²) in [4.78, 5) is 12.0. The van der Waals surface area contributed by atoms with Crippen LogP contribution in [0.4, 0.5) is 0 Å². The predicted molar refractivity (Wildman–Crippen MR) is 165 cm³/mol. The monoisotopic (exact) mass is 550 g/mol. The van der Waals surface area contributed by atoms with Crippen molar-refractivity contribution in [1.29, 1.82) is 0 Å². The highest BCUT2D eigenvalue weighted by Gasteiger charge is 2.34. The van der Waals surface area contributed by atoms with E-state index < -0.39 is 14.0 Å². The van der Waals surface area contributed by atoms with Gasteiger partial charge in [-0.15, -0.1) is 0 Å². The van der Waals surface area contributed by atoms with E-state index in [2.05, 4.69) is 63.0 Å². The number of aliphatic hydroxyl groups excluding tert-OH is 1. The summed E-state index contributed by atoms with van der Waals surface area (Å²) in [7, 11) is -1.11. The molecule has 0 saturated heterocycles. The van der Waals surface area contributed by atoms with Crippen LogP contribution in [0.2, 0.25) is 24.7 Å². The molecule has 2 aromatic carbocycles. The molecule has 0 bridgehead atoms. The number of unbranched alkanes of at least 4 members (excludes halogenated alkanes) is 3. The molecule has 0 spiro atoms. The summed E-state index contributed by atoms with van der Waals surface area (Å²) in [5.74, 6) is 1.01. The van der Waals surface area contributed by atoms with Gasteiger partial charge in [0.2, 0.25) is 0 Å². The molecular weight excluding hydrogens is 500 g/mol. The van der Waals surface area contributed by atoms with Crippen molar-refractivity contribution in [1.82, 2.24) is 0 Å². The first-order chi connectivity index (χ1) is 18.7. The topological polar surface area (TPSA) is 55.8 Å². The van der Waals surface area contributed by atoms with E-state index in [1.807, 2.05) is 6.07 Å². The predicted octanol–water partition coefficient (Wildman–Crippen LogP) is 9.05. The molecule has 0 aromatic heterocycles. The van der Waals surface area contributed by atoms with Crippen molar-refractivity contribution in [2.75, 3.05) is 13.2 Å². The molecule has 2 aromatic rings.